The standard InChI is InChI=1S/C4H11NO3.CH4O5S.3Na.3H/c5-4(1-6,2-7)3-8;1-5-6-7(2,3)4;;;;;;/h6-8H,1-3,5H2;1H3,(H,2,3,4);;;;;;/q;;3*+1;3*-1. The van der Waals surface area contributed by atoms with Crippen molar-refractivity contribution in [1.29, 1.82) is 0 Å². The minimum atomic E-state index is -4.40. The van der Waals surface area contributed by atoms with Gasteiger partial charge in [-0.05, 0) is 0 Å². The molecule has 0 atom stereocenters. The quantitative estimate of drug-likeness (QED) is 0.143. The molecule has 100 valence electrons. The maximum atomic E-state index is 9.44. The van der Waals surface area contributed by atoms with Crippen molar-refractivity contribution in [2.45, 2.75) is 5.54 Å². The van der Waals surface area contributed by atoms with Crippen LogP contribution in [0.3, 0.4) is 0 Å². The first kappa shape index (κ1) is 32.6. The molecule has 0 aromatic rings. The van der Waals surface area contributed by atoms with Gasteiger partial charge in [0.1, 0.15) is 0 Å². The number of hydrogen-bond acceptors (Lipinski definition) is 8. The van der Waals surface area contributed by atoms with Crippen molar-refractivity contribution in [3.63, 3.8) is 0 Å². The van der Waals surface area contributed by atoms with E-state index in [1.165, 1.54) is 0 Å². The van der Waals surface area contributed by atoms with Gasteiger partial charge >= 0.3 is 99.1 Å². The summed E-state index contributed by atoms with van der Waals surface area (Å²) in [4.78, 5) is 3.57. The molecule has 0 fully saturated rings. The Bertz CT molecular complexity index is 251. The fraction of sp³-hybridized carbons (Fsp3) is 1.00. The predicted molar refractivity (Wildman–Crippen MR) is 51.2 cm³/mol. The third-order valence-electron chi connectivity index (χ3n) is 1.10. The third-order valence-corrected chi connectivity index (χ3v) is 1.41. The molecule has 0 aliphatic heterocycles. The van der Waals surface area contributed by atoms with Gasteiger partial charge in [0.25, 0.3) is 0 Å². The molecule has 0 radical (unpaired) electrons. The van der Waals surface area contributed by atoms with Gasteiger partial charge in [-0.2, -0.15) is 8.42 Å². The first-order chi connectivity index (χ1) is 6.74. The van der Waals surface area contributed by atoms with Gasteiger partial charge in [-0.25, -0.2) is 4.89 Å². The molecule has 0 aromatic heterocycles. The van der Waals surface area contributed by atoms with Gasteiger partial charge in [-0.15, -0.1) is 0 Å². The fourth-order valence-electron chi connectivity index (χ4n) is 0.236. The maximum Gasteiger partial charge on any atom is 1.00 e. The van der Waals surface area contributed by atoms with Crippen LogP contribution >= 0.6 is 0 Å². The van der Waals surface area contributed by atoms with Gasteiger partial charge in [0.15, 0.2) is 0 Å². The van der Waals surface area contributed by atoms with Crippen LogP contribution in [0.1, 0.15) is 4.28 Å². The Morgan fingerprint density at radius 3 is 1.39 bits per heavy atom. The molecular weight excluding hydrogens is 303 g/mol. The summed E-state index contributed by atoms with van der Waals surface area (Å²) in [5, 5.41) is 25.0. The third kappa shape index (κ3) is 23.7. The summed E-state index contributed by atoms with van der Waals surface area (Å²) in [7, 11) is -3.43. The predicted octanol–water partition coefficient (Wildman–Crippen LogP) is -11.6. The average molecular weight is 321 g/mol. The first-order valence-electron chi connectivity index (χ1n) is 3.56. The van der Waals surface area contributed by atoms with E-state index in [9.17, 15) is 8.42 Å². The Morgan fingerprint density at radius 2 is 1.39 bits per heavy atom. The Kier molecular flexibility index (Phi) is 32.1. The van der Waals surface area contributed by atoms with Crippen LogP contribution in [0.2, 0.25) is 0 Å². The minimum Gasteiger partial charge on any atom is -1.00 e. The Labute approximate surface area is 177 Å². The second-order valence-electron chi connectivity index (χ2n) is 2.50. The van der Waals surface area contributed by atoms with Crippen LogP contribution in [0.25, 0.3) is 0 Å². The minimum absolute atomic E-state index is 0. The van der Waals surface area contributed by atoms with E-state index in [0.29, 0.717) is 0 Å². The van der Waals surface area contributed by atoms with E-state index in [4.69, 9.17) is 25.6 Å². The Hall–Kier alpha value is 2.67. The molecule has 13 heteroatoms. The van der Waals surface area contributed by atoms with Gasteiger partial charge in [0.2, 0.25) is 0 Å². The molecule has 0 aliphatic rings. The summed E-state index contributed by atoms with van der Waals surface area (Å²) in [5.41, 5.74) is 3.94. The van der Waals surface area contributed by atoms with Gasteiger partial charge in [0, 0.05) is 0 Å². The molecule has 0 saturated heterocycles. The average Bonchev–Trinajstić information content (AvgIpc) is 2.16. The Balaban J connectivity index is -0.0000000210. The van der Waals surface area contributed by atoms with E-state index in [2.05, 4.69) is 9.22 Å². The molecular formula is C5H18NNa3O8S. The molecule has 0 amide bonds. The van der Waals surface area contributed by atoms with E-state index in [-0.39, 0.29) is 93.0 Å². The van der Waals surface area contributed by atoms with E-state index in [1.807, 2.05) is 0 Å². The number of aliphatic hydroxyl groups is 3. The van der Waals surface area contributed by atoms with E-state index in [1.54, 1.807) is 0 Å². The number of aliphatic hydroxyl groups excluding tert-OH is 3. The second-order valence-corrected chi connectivity index (χ2v) is 3.49. The van der Waals surface area contributed by atoms with Crippen molar-refractivity contribution in [2.24, 2.45) is 5.73 Å². The van der Waals surface area contributed by atoms with Crippen LogP contribution in [-0.2, 0) is 19.6 Å². The van der Waals surface area contributed by atoms with Crippen molar-refractivity contribution in [1.82, 2.24) is 0 Å². The SMILES string of the molecule is COOS(=O)(=O)O.NC(CO)(CO)CO.[H-].[H-].[H-].[Na+].[Na+].[Na+]. The summed E-state index contributed by atoms with van der Waals surface area (Å²) in [6.45, 7) is -1.21. The summed E-state index contributed by atoms with van der Waals surface area (Å²) < 4.78 is 29.8. The van der Waals surface area contributed by atoms with Crippen LogP contribution < -0.4 is 94.4 Å². The monoisotopic (exact) mass is 321 g/mol. The van der Waals surface area contributed by atoms with E-state index >= 15 is 0 Å². The summed E-state index contributed by atoms with van der Waals surface area (Å²) >= 11 is 0. The smallest absolute Gasteiger partial charge is 1.00 e. The van der Waals surface area contributed by atoms with Crippen molar-refractivity contribution in [3.8, 4) is 0 Å². The van der Waals surface area contributed by atoms with Crippen LogP contribution in [0.15, 0.2) is 0 Å². The normalized spacial score (nSPS) is 9.89. The first-order valence-corrected chi connectivity index (χ1v) is 4.92. The molecule has 0 bridgehead atoms. The van der Waals surface area contributed by atoms with Gasteiger partial charge in [-0.1, -0.05) is 4.33 Å². The zero-order valence-electron chi connectivity index (χ0n) is 14.0. The molecule has 0 aromatic carbocycles. The molecule has 18 heavy (non-hydrogen) atoms. The summed E-state index contributed by atoms with van der Waals surface area (Å²) in [5.74, 6) is 0. The molecule has 9 nitrogen and oxygen atoms in total. The maximum absolute atomic E-state index is 9.44. The fourth-order valence-corrected chi connectivity index (χ4v) is 0.408. The number of nitrogens with two attached hydrogens (primary N) is 1. The molecule has 0 unspecified atom stereocenters. The summed E-state index contributed by atoms with van der Waals surface area (Å²) in [6, 6.07) is 0. The molecule has 0 rings (SSSR count). The zero-order chi connectivity index (χ0) is 12.5. The van der Waals surface area contributed by atoms with Gasteiger partial charge < -0.3 is 25.3 Å². The van der Waals surface area contributed by atoms with Crippen LogP contribution in [0, 0.1) is 0 Å². The van der Waals surface area contributed by atoms with Crippen LogP contribution in [0.5, 0.6) is 0 Å². The largest absolute Gasteiger partial charge is 1.00 e. The van der Waals surface area contributed by atoms with E-state index in [0.717, 1.165) is 7.11 Å². The van der Waals surface area contributed by atoms with Crippen molar-refractivity contribution in [3.05, 3.63) is 0 Å². The van der Waals surface area contributed by atoms with Crippen molar-refractivity contribution < 1.29 is 130 Å². The zero-order valence-corrected chi connectivity index (χ0v) is 17.8. The topological polar surface area (TPSA) is 160 Å². The van der Waals surface area contributed by atoms with Gasteiger partial charge in [0.05, 0.1) is 32.5 Å². The van der Waals surface area contributed by atoms with Crippen molar-refractivity contribution >= 4 is 10.4 Å². The van der Waals surface area contributed by atoms with Crippen molar-refractivity contribution in [2.75, 3.05) is 26.9 Å². The second kappa shape index (κ2) is 17.7. The van der Waals surface area contributed by atoms with Crippen LogP contribution in [0.4, 0.5) is 0 Å². The molecule has 0 saturated carbocycles. The summed E-state index contributed by atoms with van der Waals surface area (Å²) in [6.07, 6.45) is 0. The van der Waals surface area contributed by atoms with Gasteiger partial charge in [-0.3, -0.25) is 4.55 Å². The number of hydrogen-bond donors (Lipinski definition) is 5. The molecule has 0 spiro atoms. The molecule has 0 heterocycles. The molecule has 0 aliphatic carbocycles. The number of rotatable bonds is 5. The van der Waals surface area contributed by atoms with Crippen LogP contribution in [-0.4, -0.2) is 60.8 Å². The van der Waals surface area contributed by atoms with E-state index < -0.39 is 35.8 Å². The Morgan fingerprint density at radius 1 is 1.11 bits per heavy atom. The molecule has 6 N–H and O–H groups in total.